The number of unbranched alkanes of at least 4 members (excludes halogenated alkanes) is 2. The first kappa shape index (κ1) is 14.9. The Bertz CT molecular complexity index is 126. The molecule has 0 aliphatic carbocycles. The maximum absolute atomic E-state index is 9.80. The lowest BCUT2D eigenvalue weighted by Gasteiger charge is -2.19. The van der Waals surface area contributed by atoms with Crippen molar-refractivity contribution >= 4 is 0 Å². The van der Waals surface area contributed by atoms with Crippen LogP contribution in [0, 0.1) is 5.92 Å². The molecular weight excluding hydrogens is 188 g/mol. The van der Waals surface area contributed by atoms with Crippen molar-refractivity contribution in [1.82, 2.24) is 0 Å². The van der Waals surface area contributed by atoms with Crippen LogP contribution in [0.25, 0.3) is 0 Å². The van der Waals surface area contributed by atoms with Gasteiger partial charge in [0, 0.05) is 6.61 Å². The standard InChI is InChI=1S/C13H28O2/c1-3-5-7-12(9-10-14)11-13(15)8-6-4-2/h12-15H,3-11H2,1-2H3. The summed E-state index contributed by atoms with van der Waals surface area (Å²) < 4.78 is 0. The molecule has 2 heteroatoms. The van der Waals surface area contributed by atoms with Crippen molar-refractivity contribution in [3.63, 3.8) is 0 Å². The van der Waals surface area contributed by atoms with Gasteiger partial charge in [-0.25, -0.2) is 0 Å². The monoisotopic (exact) mass is 216 g/mol. The molecule has 15 heavy (non-hydrogen) atoms. The lowest BCUT2D eigenvalue weighted by molar-refractivity contribution is 0.117. The number of aliphatic hydroxyl groups is 2. The summed E-state index contributed by atoms with van der Waals surface area (Å²) in [4.78, 5) is 0. The Labute approximate surface area is 94.7 Å². The second kappa shape index (κ2) is 10.4. The first-order valence-corrected chi connectivity index (χ1v) is 6.53. The van der Waals surface area contributed by atoms with Gasteiger partial charge in [-0.2, -0.15) is 0 Å². The minimum absolute atomic E-state index is 0.154. The van der Waals surface area contributed by atoms with E-state index in [-0.39, 0.29) is 12.7 Å². The molecule has 0 bridgehead atoms. The molecule has 2 unspecified atom stereocenters. The van der Waals surface area contributed by atoms with Crippen LogP contribution < -0.4 is 0 Å². The van der Waals surface area contributed by atoms with Gasteiger partial charge in [0.2, 0.25) is 0 Å². The van der Waals surface area contributed by atoms with Gasteiger partial charge >= 0.3 is 0 Å². The predicted octanol–water partition coefficient (Wildman–Crippen LogP) is 3.12. The summed E-state index contributed by atoms with van der Waals surface area (Å²) in [6.07, 6.45) is 8.32. The molecule has 0 saturated heterocycles. The highest BCUT2D eigenvalue weighted by atomic mass is 16.3. The van der Waals surface area contributed by atoms with Gasteiger partial charge < -0.3 is 10.2 Å². The number of hydrogen-bond acceptors (Lipinski definition) is 2. The second-order valence-electron chi connectivity index (χ2n) is 4.55. The van der Waals surface area contributed by atoms with Crippen LogP contribution in [0.2, 0.25) is 0 Å². The SMILES string of the molecule is CCCCC(O)CC(CCO)CCCC. The largest absolute Gasteiger partial charge is 0.396 e. The highest BCUT2D eigenvalue weighted by Crippen LogP contribution is 2.20. The van der Waals surface area contributed by atoms with Crippen molar-refractivity contribution < 1.29 is 10.2 Å². The van der Waals surface area contributed by atoms with Gasteiger partial charge in [0.25, 0.3) is 0 Å². The van der Waals surface area contributed by atoms with E-state index in [1.807, 2.05) is 0 Å². The molecule has 2 atom stereocenters. The number of hydrogen-bond donors (Lipinski definition) is 2. The molecule has 2 N–H and O–H groups in total. The van der Waals surface area contributed by atoms with Crippen molar-refractivity contribution in [2.45, 2.75) is 71.3 Å². The predicted molar refractivity (Wildman–Crippen MR) is 64.9 cm³/mol. The maximum Gasteiger partial charge on any atom is 0.0542 e. The lowest BCUT2D eigenvalue weighted by atomic mass is 9.91. The average Bonchev–Trinajstić information content (AvgIpc) is 2.23. The Morgan fingerprint density at radius 2 is 1.53 bits per heavy atom. The first-order chi connectivity index (χ1) is 7.24. The van der Waals surface area contributed by atoms with Crippen LogP contribution >= 0.6 is 0 Å². The smallest absolute Gasteiger partial charge is 0.0542 e. The van der Waals surface area contributed by atoms with Gasteiger partial charge in [-0.15, -0.1) is 0 Å². The van der Waals surface area contributed by atoms with Crippen LogP contribution in [-0.4, -0.2) is 22.9 Å². The highest BCUT2D eigenvalue weighted by Gasteiger charge is 2.13. The van der Waals surface area contributed by atoms with Crippen molar-refractivity contribution in [1.29, 1.82) is 0 Å². The van der Waals surface area contributed by atoms with Crippen LogP contribution in [0.5, 0.6) is 0 Å². The van der Waals surface area contributed by atoms with Crippen LogP contribution in [0.4, 0.5) is 0 Å². The van der Waals surface area contributed by atoms with Crippen LogP contribution in [-0.2, 0) is 0 Å². The zero-order valence-corrected chi connectivity index (χ0v) is 10.4. The van der Waals surface area contributed by atoms with Gasteiger partial charge in [0.15, 0.2) is 0 Å². The van der Waals surface area contributed by atoms with E-state index in [1.165, 1.54) is 12.8 Å². The fraction of sp³-hybridized carbons (Fsp3) is 1.00. The third-order valence-electron chi connectivity index (χ3n) is 3.00. The van der Waals surface area contributed by atoms with E-state index in [4.69, 9.17) is 5.11 Å². The quantitative estimate of drug-likeness (QED) is 0.589. The Balaban J connectivity index is 3.70. The van der Waals surface area contributed by atoms with E-state index < -0.39 is 0 Å². The van der Waals surface area contributed by atoms with Gasteiger partial charge in [-0.3, -0.25) is 0 Å². The van der Waals surface area contributed by atoms with Gasteiger partial charge in [-0.1, -0.05) is 46.0 Å². The molecule has 92 valence electrons. The molecule has 0 saturated carbocycles. The Morgan fingerprint density at radius 3 is 2.07 bits per heavy atom. The normalized spacial score (nSPS) is 15.2. The van der Waals surface area contributed by atoms with Crippen molar-refractivity contribution in [3.05, 3.63) is 0 Å². The molecule has 0 heterocycles. The average molecular weight is 216 g/mol. The lowest BCUT2D eigenvalue weighted by Crippen LogP contribution is -2.15. The molecule has 0 aliphatic rings. The summed E-state index contributed by atoms with van der Waals surface area (Å²) in [5.74, 6) is 0.516. The van der Waals surface area contributed by atoms with Crippen molar-refractivity contribution in [2.24, 2.45) is 5.92 Å². The third-order valence-corrected chi connectivity index (χ3v) is 3.00. The van der Waals surface area contributed by atoms with Crippen molar-refractivity contribution in [3.8, 4) is 0 Å². The summed E-state index contributed by atoms with van der Waals surface area (Å²) in [7, 11) is 0. The van der Waals surface area contributed by atoms with E-state index >= 15 is 0 Å². The van der Waals surface area contributed by atoms with Gasteiger partial charge in [0.1, 0.15) is 0 Å². The molecule has 0 radical (unpaired) electrons. The topological polar surface area (TPSA) is 40.5 Å². The minimum atomic E-state index is -0.154. The number of rotatable bonds is 10. The van der Waals surface area contributed by atoms with Crippen LogP contribution in [0.3, 0.4) is 0 Å². The minimum Gasteiger partial charge on any atom is -0.396 e. The molecule has 0 spiro atoms. The molecular formula is C13H28O2. The van der Waals surface area contributed by atoms with Gasteiger partial charge in [-0.05, 0) is 25.2 Å². The summed E-state index contributed by atoms with van der Waals surface area (Å²) >= 11 is 0. The van der Waals surface area contributed by atoms with Crippen molar-refractivity contribution in [2.75, 3.05) is 6.61 Å². The molecule has 0 aliphatic heterocycles. The molecule has 0 aromatic carbocycles. The van der Waals surface area contributed by atoms with E-state index in [0.29, 0.717) is 5.92 Å². The fourth-order valence-corrected chi connectivity index (χ4v) is 2.00. The zero-order valence-electron chi connectivity index (χ0n) is 10.4. The van der Waals surface area contributed by atoms with Gasteiger partial charge in [0.05, 0.1) is 6.10 Å². The van der Waals surface area contributed by atoms with Crippen LogP contribution in [0.1, 0.15) is 65.2 Å². The third kappa shape index (κ3) is 8.88. The van der Waals surface area contributed by atoms with E-state index in [1.54, 1.807) is 0 Å². The zero-order chi connectivity index (χ0) is 11.5. The maximum atomic E-state index is 9.80. The molecule has 0 aromatic heterocycles. The molecule has 2 nitrogen and oxygen atoms in total. The fourth-order valence-electron chi connectivity index (χ4n) is 2.00. The second-order valence-corrected chi connectivity index (χ2v) is 4.55. The summed E-state index contributed by atoms with van der Waals surface area (Å²) in [6.45, 7) is 4.59. The van der Waals surface area contributed by atoms with E-state index in [0.717, 1.165) is 38.5 Å². The summed E-state index contributed by atoms with van der Waals surface area (Å²) in [5.41, 5.74) is 0. The Morgan fingerprint density at radius 1 is 0.933 bits per heavy atom. The first-order valence-electron chi connectivity index (χ1n) is 6.53. The molecule has 0 amide bonds. The molecule has 0 aromatic rings. The molecule has 0 fully saturated rings. The van der Waals surface area contributed by atoms with E-state index in [9.17, 15) is 5.11 Å². The summed E-state index contributed by atoms with van der Waals surface area (Å²) in [5, 5.41) is 18.7. The van der Waals surface area contributed by atoms with E-state index in [2.05, 4.69) is 13.8 Å². The Hall–Kier alpha value is -0.0800. The number of aliphatic hydroxyl groups excluding tert-OH is 2. The Kier molecular flexibility index (Phi) is 10.4. The molecule has 0 rings (SSSR count). The highest BCUT2D eigenvalue weighted by molar-refractivity contribution is 4.65. The van der Waals surface area contributed by atoms with Crippen LogP contribution in [0.15, 0.2) is 0 Å². The summed E-state index contributed by atoms with van der Waals surface area (Å²) in [6, 6.07) is 0.